The molecule has 0 aromatic heterocycles. The van der Waals surface area contributed by atoms with Crippen molar-refractivity contribution in [2.45, 2.75) is 26.2 Å². The topological polar surface area (TPSA) is 17.1 Å². The van der Waals surface area contributed by atoms with Crippen LogP contribution in [-0.2, 0) is 12.8 Å². The van der Waals surface area contributed by atoms with Gasteiger partial charge in [0.2, 0.25) is 0 Å². The summed E-state index contributed by atoms with van der Waals surface area (Å²) >= 11 is 0. The van der Waals surface area contributed by atoms with Crippen LogP contribution in [0.2, 0.25) is 0 Å². The van der Waals surface area contributed by atoms with E-state index < -0.39 is 0 Å². The van der Waals surface area contributed by atoms with Gasteiger partial charge in [0.25, 0.3) is 0 Å². The summed E-state index contributed by atoms with van der Waals surface area (Å²) < 4.78 is 0. The van der Waals surface area contributed by atoms with E-state index >= 15 is 0 Å². The molecule has 0 saturated heterocycles. The largest absolute Gasteiger partial charge is 0.298 e. The fourth-order valence-electron chi connectivity index (χ4n) is 2.35. The third-order valence-electron chi connectivity index (χ3n) is 3.35. The number of hydrogen-bond acceptors (Lipinski definition) is 1. The summed E-state index contributed by atoms with van der Waals surface area (Å²) in [5.41, 5.74) is 4.68. The molecule has 0 fully saturated rings. The first-order valence-electron chi connectivity index (χ1n) is 5.43. The van der Waals surface area contributed by atoms with Crippen molar-refractivity contribution in [3.05, 3.63) is 47.0 Å². The molecule has 15 heavy (non-hydrogen) atoms. The van der Waals surface area contributed by atoms with Crippen LogP contribution in [0.5, 0.6) is 0 Å². The highest BCUT2D eigenvalue weighted by molar-refractivity contribution is 5.78. The van der Waals surface area contributed by atoms with Crippen LogP contribution in [0.1, 0.15) is 34.8 Å². The minimum atomic E-state index is 0.554. The SMILES string of the molecule is C=C(C)C1CCc2cccc(C=O)c2C1. The van der Waals surface area contributed by atoms with Crippen LogP contribution < -0.4 is 0 Å². The number of aldehydes is 1. The van der Waals surface area contributed by atoms with Crippen molar-refractivity contribution >= 4 is 6.29 Å². The lowest BCUT2D eigenvalue weighted by atomic mass is 9.79. The second-order valence-electron chi connectivity index (χ2n) is 4.39. The van der Waals surface area contributed by atoms with Gasteiger partial charge >= 0.3 is 0 Å². The summed E-state index contributed by atoms with van der Waals surface area (Å²) in [5.74, 6) is 0.554. The van der Waals surface area contributed by atoms with Crippen LogP contribution in [0.3, 0.4) is 0 Å². The van der Waals surface area contributed by atoms with Gasteiger partial charge in [-0.15, -0.1) is 0 Å². The van der Waals surface area contributed by atoms with Gasteiger partial charge in [0.05, 0.1) is 0 Å². The molecule has 0 bridgehead atoms. The van der Waals surface area contributed by atoms with Gasteiger partial charge in [0.1, 0.15) is 6.29 Å². The van der Waals surface area contributed by atoms with Crippen LogP contribution in [-0.4, -0.2) is 6.29 Å². The van der Waals surface area contributed by atoms with Gasteiger partial charge < -0.3 is 0 Å². The number of carbonyl (C=O) groups excluding carboxylic acids is 1. The van der Waals surface area contributed by atoms with E-state index in [2.05, 4.69) is 19.6 Å². The second kappa shape index (κ2) is 4.01. The van der Waals surface area contributed by atoms with Crippen LogP contribution >= 0.6 is 0 Å². The Hall–Kier alpha value is -1.37. The maximum absolute atomic E-state index is 10.9. The highest BCUT2D eigenvalue weighted by Crippen LogP contribution is 2.30. The van der Waals surface area contributed by atoms with Gasteiger partial charge in [-0.3, -0.25) is 4.79 Å². The lowest BCUT2D eigenvalue weighted by Crippen LogP contribution is -2.16. The van der Waals surface area contributed by atoms with Crippen molar-refractivity contribution in [1.82, 2.24) is 0 Å². The molecule has 1 heteroatoms. The highest BCUT2D eigenvalue weighted by atomic mass is 16.1. The number of hydrogen-bond donors (Lipinski definition) is 0. The van der Waals surface area contributed by atoms with Crippen LogP contribution in [0.25, 0.3) is 0 Å². The lowest BCUT2D eigenvalue weighted by molar-refractivity contribution is 0.112. The average Bonchev–Trinajstić information content (AvgIpc) is 2.27. The first kappa shape index (κ1) is 10.2. The number of carbonyl (C=O) groups is 1. The molecule has 0 amide bonds. The third-order valence-corrected chi connectivity index (χ3v) is 3.35. The van der Waals surface area contributed by atoms with Gasteiger partial charge in [-0.2, -0.15) is 0 Å². The van der Waals surface area contributed by atoms with Crippen molar-refractivity contribution in [2.24, 2.45) is 5.92 Å². The molecule has 78 valence electrons. The monoisotopic (exact) mass is 200 g/mol. The van der Waals surface area contributed by atoms with E-state index in [4.69, 9.17) is 0 Å². The Morgan fingerprint density at radius 2 is 2.33 bits per heavy atom. The predicted molar refractivity (Wildman–Crippen MR) is 62.2 cm³/mol. The van der Waals surface area contributed by atoms with Crippen molar-refractivity contribution in [3.63, 3.8) is 0 Å². The summed E-state index contributed by atoms with van der Waals surface area (Å²) in [6.07, 6.45) is 4.21. The van der Waals surface area contributed by atoms with Crippen LogP contribution in [0, 0.1) is 5.92 Å². The van der Waals surface area contributed by atoms with E-state index in [1.807, 2.05) is 12.1 Å². The number of rotatable bonds is 2. The first-order valence-corrected chi connectivity index (χ1v) is 5.43. The summed E-state index contributed by atoms with van der Waals surface area (Å²) in [6.45, 7) is 6.10. The smallest absolute Gasteiger partial charge is 0.150 e. The summed E-state index contributed by atoms with van der Waals surface area (Å²) in [6, 6.07) is 6.02. The lowest BCUT2D eigenvalue weighted by Gasteiger charge is -2.25. The Bertz CT molecular complexity index is 404. The minimum Gasteiger partial charge on any atom is -0.298 e. The number of fused-ring (bicyclic) bond motifs is 1. The Kier molecular flexibility index (Phi) is 2.72. The Morgan fingerprint density at radius 1 is 1.53 bits per heavy atom. The number of benzene rings is 1. The van der Waals surface area contributed by atoms with Crippen LogP contribution in [0.4, 0.5) is 0 Å². The van der Waals surface area contributed by atoms with Crippen molar-refractivity contribution < 1.29 is 4.79 Å². The predicted octanol–water partition coefficient (Wildman–Crippen LogP) is 3.18. The fraction of sp³-hybridized carbons (Fsp3) is 0.357. The van der Waals surface area contributed by atoms with E-state index in [1.165, 1.54) is 23.1 Å². The van der Waals surface area contributed by atoms with Crippen molar-refractivity contribution in [2.75, 3.05) is 0 Å². The molecule has 0 saturated carbocycles. The standard InChI is InChI=1S/C14H16O/c1-10(2)12-7-6-11-4-3-5-13(9-15)14(11)8-12/h3-5,9,12H,1,6-8H2,2H3. The highest BCUT2D eigenvalue weighted by Gasteiger charge is 2.20. The van der Waals surface area contributed by atoms with Gasteiger partial charge in [0, 0.05) is 5.56 Å². The van der Waals surface area contributed by atoms with Crippen LogP contribution in [0.15, 0.2) is 30.4 Å². The molecule has 1 aliphatic rings. The van der Waals surface area contributed by atoms with Crippen molar-refractivity contribution in [3.8, 4) is 0 Å². The van der Waals surface area contributed by atoms with E-state index in [9.17, 15) is 4.79 Å². The van der Waals surface area contributed by atoms with Gasteiger partial charge in [-0.05, 0) is 43.2 Å². The Balaban J connectivity index is 2.38. The molecular weight excluding hydrogens is 184 g/mol. The summed E-state index contributed by atoms with van der Waals surface area (Å²) in [5, 5.41) is 0. The summed E-state index contributed by atoms with van der Waals surface area (Å²) in [7, 11) is 0. The molecule has 1 unspecified atom stereocenters. The second-order valence-corrected chi connectivity index (χ2v) is 4.39. The molecule has 0 N–H and O–H groups in total. The maximum atomic E-state index is 10.9. The zero-order valence-electron chi connectivity index (χ0n) is 9.12. The first-order chi connectivity index (χ1) is 7.22. The van der Waals surface area contributed by atoms with Crippen molar-refractivity contribution in [1.29, 1.82) is 0 Å². The van der Waals surface area contributed by atoms with E-state index in [0.29, 0.717) is 5.92 Å². The quantitative estimate of drug-likeness (QED) is 0.529. The van der Waals surface area contributed by atoms with E-state index in [0.717, 1.165) is 24.7 Å². The Morgan fingerprint density at radius 3 is 3.00 bits per heavy atom. The van der Waals surface area contributed by atoms with Gasteiger partial charge in [0.15, 0.2) is 0 Å². The molecule has 0 spiro atoms. The fourth-order valence-corrected chi connectivity index (χ4v) is 2.35. The zero-order valence-corrected chi connectivity index (χ0v) is 9.12. The molecule has 1 aliphatic carbocycles. The number of allylic oxidation sites excluding steroid dienone is 1. The summed E-state index contributed by atoms with van der Waals surface area (Å²) in [4.78, 5) is 10.9. The molecule has 0 aliphatic heterocycles. The molecule has 1 nitrogen and oxygen atoms in total. The molecule has 1 atom stereocenters. The minimum absolute atomic E-state index is 0.554. The molecule has 1 aromatic carbocycles. The molecule has 0 radical (unpaired) electrons. The van der Waals surface area contributed by atoms with Gasteiger partial charge in [-0.25, -0.2) is 0 Å². The maximum Gasteiger partial charge on any atom is 0.150 e. The molecule has 0 heterocycles. The molecule has 2 rings (SSSR count). The Labute approximate surface area is 90.8 Å². The number of aryl methyl sites for hydroxylation is 1. The van der Waals surface area contributed by atoms with E-state index in [1.54, 1.807) is 0 Å². The molecule has 1 aromatic rings. The zero-order chi connectivity index (χ0) is 10.8. The van der Waals surface area contributed by atoms with Gasteiger partial charge in [-0.1, -0.05) is 30.4 Å². The average molecular weight is 200 g/mol. The third kappa shape index (κ3) is 1.87. The molecular formula is C14H16O. The normalized spacial score (nSPS) is 19.4. The van der Waals surface area contributed by atoms with E-state index in [-0.39, 0.29) is 0 Å².